The van der Waals surface area contributed by atoms with Gasteiger partial charge in [0, 0.05) is 25.4 Å². The molecular weight excluding hydrogens is 284 g/mol. The van der Waals surface area contributed by atoms with Crippen LogP contribution < -0.4 is 5.32 Å². The molecule has 5 nitrogen and oxygen atoms in total. The van der Waals surface area contributed by atoms with Crippen molar-refractivity contribution in [2.45, 2.75) is 25.8 Å². The molecule has 0 aromatic carbocycles. The third-order valence-corrected chi connectivity index (χ3v) is 5.59. The van der Waals surface area contributed by atoms with Crippen molar-refractivity contribution in [3.8, 4) is 0 Å². The van der Waals surface area contributed by atoms with Crippen LogP contribution in [0.3, 0.4) is 0 Å². The molecule has 1 amide bonds. The number of rotatable bonds is 7. The van der Waals surface area contributed by atoms with E-state index in [1.54, 1.807) is 11.3 Å². The van der Waals surface area contributed by atoms with Crippen molar-refractivity contribution in [3.05, 3.63) is 22.4 Å². The topological polar surface area (TPSA) is 66.5 Å². The Hall–Kier alpha value is -0.920. The van der Waals surface area contributed by atoms with E-state index in [1.807, 2.05) is 24.4 Å². The second-order valence-electron chi connectivity index (χ2n) is 4.39. The Balaban J connectivity index is 2.51. The molecule has 0 aliphatic heterocycles. The molecule has 1 heterocycles. The Labute approximate surface area is 118 Å². The second kappa shape index (κ2) is 7.02. The van der Waals surface area contributed by atoms with Crippen LogP contribution in [0.15, 0.2) is 17.5 Å². The predicted octanol–water partition coefficient (Wildman–Crippen LogP) is 1.60. The van der Waals surface area contributed by atoms with E-state index in [-0.39, 0.29) is 24.1 Å². The first-order valence-electron chi connectivity index (χ1n) is 6.09. The van der Waals surface area contributed by atoms with Crippen LogP contribution in [0, 0.1) is 0 Å². The van der Waals surface area contributed by atoms with E-state index in [2.05, 4.69) is 5.32 Å². The van der Waals surface area contributed by atoms with Gasteiger partial charge in [-0.3, -0.25) is 4.79 Å². The standard InChI is InChI=1S/C12H20N2O3S2/c1-4-10(11-6-5-8-18-11)13-12(15)7-9-19(16,17)14(2)3/h5-6,8,10H,4,7,9H2,1-3H3,(H,13,15)/t10-/m0/s1. The van der Waals surface area contributed by atoms with Crippen LogP contribution in [0.5, 0.6) is 0 Å². The van der Waals surface area contributed by atoms with Crippen molar-refractivity contribution in [2.24, 2.45) is 0 Å². The van der Waals surface area contributed by atoms with Crippen molar-refractivity contribution in [1.29, 1.82) is 0 Å². The lowest BCUT2D eigenvalue weighted by Gasteiger charge is -2.16. The number of carbonyl (C=O) groups is 1. The molecule has 108 valence electrons. The molecule has 0 aliphatic rings. The Kier molecular flexibility index (Phi) is 5.96. The van der Waals surface area contributed by atoms with Crippen molar-refractivity contribution < 1.29 is 13.2 Å². The minimum atomic E-state index is -3.31. The summed E-state index contributed by atoms with van der Waals surface area (Å²) in [5.74, 6) is -0.391. The quantitative estimate of drug-likeness (QED) is 0.832. The number of hydrogen-bond donors (Lipinski definition) is 1. The lowest BCUT2D eigenvalue weighted by Crippen LogP contribution is -2.32. The van der Waals surface area contributed by atoms with Gasteiger partial charge in [0.1, 0.15) is 0 Å². The third-order valence-electron chi connectivity index (χ3n) is 2.77. The molecule has 0 spiro atoms. The molecule has 19 heavy (non-hydrogen) atoms. The molecule has 0 bridgehead atoms. The lowest BCUT2D eigenvalue weighted by atomic mass is 10.2. The van der Waals surface area contributed by atoms with E-state index in [4.69, 9.17) is 0 Å². The van der Waals surface area contributed by atoms with Crippen LogP contribution in [0.1, 0.15) is 30.7 Å². The van der Waals surface area contributed by atoms with Crippen LogP contribution in [0.4, 0.5) is 0 Å². The number of sulfonamides is 1. The van der Waals surface area contributed by atoms with Gasteiger partial charge in [0.05, 0.1) is 11.8 Å². The van der Waals surface area contributed by atoms with Gasteiger partial charge in [-0.05, 0) is 17.9 Å². The number of thiophene rings is 1. The highest BCUT2D eigenvalue weighted by atomic mass is 32.2. The summed E-state index contributed by atoms with van der Waals surface area (Å²) in [4.78, 5) is 12.9. The summed E-state index contributed by atoms with van der Waals surface area (Å²) in [5.41, 5.74) is 0. The van der Waals surface area contributed by atoms with Crippen molar-refractivity contribution in [2.75, 3.05) is 19.8 Å². The summed E-state index contributed by atoms with van der Waals surface area (Å²) in [6, 6.07) is 3.87. The van der Waals surface area contributed by atoms with Gasteiger partial charge < -0.3 is 5.32 Å². The molecule has 0 saturated heterocycles. The highest BCUT2D eigenvalue weighted by Gasteiger charge is 2.18. The van der Waals surface area contributed by atoms with Crippen LogP contribution in [-0.4, -0.2) is 38.5 Å². The van der Waals surface area contributed by atoms with Crippen molar-refractivity contribution >= 4 is 27.3 Å². The van der Waals surface area contributed by atoms with Gasteiger partial charge in [-0.25, -0.2) is 12.7 Å². The molecule has 1 aromatic rings. The second-order valence-corrected chi connectivity index (χ2v) is 7.67. The SMILES string of the molecule is CC[C@H](NC(=O)CCS(=O)(=O)N(C)C)c1cccs1. The van der Waals surface area contributed by atoms with E-state index in [1.165, 1.54) is 14.1 Å². The maximum Gasteiger partial charge on any atom is 0.221 e. The van der Waals surface area contributed by atoms with Crippen LogP contribution in [0.2, 0.25) is 0 Å². The van der Waals surface area contributed by atoms with Crippen molar-refractivity contribution in [3.63, 3.8) is 0 Å². The lowest BCUT2D eigenvalue weighted by molar-refractivity contribution is -0.121. The van der Waals surface area contributed by atoms with Crippen LogP contribution in [0.25, 0.3) is 0 Å². The summed E-state index contributed by atoms with van der Waals surface area (Å²) in [6.07, 6.45) is 0.773. The minimum Gasteiger partial charge on any atom is -0.348 e. The number of amides is 1. The molecule has 0 saturated carbocycles. The molecular formula is C12H20N2O3S2. The van der Waals surface area contributed by atoms with E-state index >= 15 is 0 Å². The Morgan fingerprint density at radius 2 is 2.16 bits per heavy atom. The Morgan fingerprint density at radius 1 is 1.47 bits per heavy atom. The van der Waals surface area contributed by atoms with Gasteiger partial charge in [0.15, 0.2) is 0 Å². The molecule has 0 aliphatic carbocycles. The van der Waals surface area contributed by atoms with Crippen molar-refractivity contribution in [1.82, 2.24) is 9.62 Å². The van der Waals surface area contributed by atoms with Gasteiger partial charge in [-0.15, -0.1) is 11.3 Å². The zero-order chi connectivity index (χ0) is 14.5. The smallest absolute Gasteiger partial charge is 0.221 e. The van der Waals surface area contributed by atoms with Gasteiger partial charge in [-0.1, -0.05) is 13.0 Å². The van der Waals surface area contributed by atoms with E-state index in [9.17, 15) is 13.2 Å². The fraction of sp³-hybridized carbons (Fsp3) is 0.583. The number of carbonyl (C=O) groups excluding carboxylic acids is 1. The molecule has 1 aromatic heterocycles. The first kappa shape index (κ1) is 16.1. The molecule has 0 fully saturated rings. The maximum atomic E-state index is 11.8. The highest BCUT2D eigenvalue weighted by molar-refractivity contribution is 7.89. The highest BCUT2D eigenvalue weighted by Crippen LogP contribution is 2.21. The average Bonchev–Trinajstić information content (AvgIpc) is 2.87. The van der Waals surface area contributed by atoms with E-state index in [0.717, 1.165) is 15.6 Å². The van der Waals surface area contributed by atoms with Gasteiger partial charge >= 0.3 is 0 Å². The summed E-state index contributed by atoms with van der Waals surface area (Å²) in [6.45, 7) is 1.99. The van der Waals surface area contributed by atoms with Crippen LogP contribution in [-0.2, 0) is 14.8 Å². The summed E-state index contributed by atoms with van der Waals surface area (Å²) in [5, 5.41) is 4.83. The first-order chi connectivity index (χ1) is 8.86. The largest absolute Gasteiger partial charge is 0.348 e. The number of nitrogens with zero attached hydrogens (tertiary/aromatic N) is 1. The third kappa shape index (κ3) is 4.93. The molecule has 7 heteroatoms. The van der Waals surface area contributed by atoms with Gasteiger partial charge in [0.25, 0.3) is 0 Å². The summed E-state index contributed by atoms with van der Waals surface area (Å²) >= 11 is 1.58. The number of hydrogen-bond acceptors (Lipinski definition) is 4. The van der Waals surface area contributed by atoms with E-state index < -0.39 is 10.0 Å². The van der Waals surface area contributed by atoms with Gasteiger partial charge in [-0.2, -0.15) is 0 Å². The summed E-state index contributed by atoms with van der Waals surface area (Å²) in [7, 11) is -0.382. The Morgan fingerprint density at radius 3 is 2.63 bits per heavy atom. The maximum absolute atomic E-state index is 11.8. The fourth-order valence-electron chi connectivity index (χ4n) is 1.53. The predicted molar refractivity (Wildman–Crippen MR) is 77.6 cm³/mol. The monoisotopic (exact) mass is 304 g/mol. The molecule has 0 unspecified atom stereocenters. The first-order valence-corrected chi connectivity index (χ1v) is 8.58. The number of nitrogens with one attached hydrogen (secondary N) is 1. The normalized spacial score (nSPS) is 13.5. The van der Waals surface area contributed by atoms with Crippen LogP contribution >= 0.6 is 11.3 Å². The summed E-state index contributed by atoms with van der Waals surface area (Å²) < 4.78 is 24.3. The zero-order valence-corrected chi connectivity index (χ0v) is 13.1. The molecule has 1 N–H and O–H groups in total. The molecule has 0 radical (unpaired) electrons. The zero-order valence-electron chi connectivity index (χ0n) is 11.4. The Bertz CT molecular complexity index is 495. The minimum absolute atomic E-state index is 0.0115. The fourth-order valence-corrected chi connectivity index (χ4v) is 3.20. The average molecular weight is 304 g/mol. The van der Waals surface area contributed by atoms with E-state index in [0.29, 0.717) is 0 Å². The molecule has 1 rings (SSSR count). The van der Waals surface area contributed by atoms with Gasteiger partial charge in [0.2, 0.25) is 15.9 Å². The molecule has 1 atom stereocenters.